The molecule has 2 aromatic rings. The first-order valence-corrected chi connectivity index (χ1v) is 10.7. The molecular formula is C19H21N3O3S. The molecule has 2 aliphatic rings. The molecule has 3 heterocycles. The molecule has 0 N–H and O–H groups in total. The van der Waals surface area contributed by atoms with Crippen molar-refractivity contribution in [1.29, 1.82) is 0 Å². The predicted octanol–water partition coefficient (Wildman–Crippen LogP) is 2.10. The van der Waals surface area contributed by atoms with Gasteiger partial charge >= 0.3 is 0 Å². The molecule has 1 amide bonds. The smallest absolute Gasteiger partial charge is 0.223 e. The standard InChI is InChI=1S/C19H21N3O3S/c1-26(24,25)15-6-2-13(3-7-15)4-9-19(23)22-14-5-8-18(22)16-11-20-12-21-17(16)10-14/h2-3,6-7,11-12,14,18H,4-5,8-10H2,1H3. The SMILES string of the molecule is CS(=O)(=O)c1ccc(CCC(=O)N2C3CCC2c2cncnc2C3)cc1. The summed E-state index contributed by atoms with van der Waals surface area (Å²) in [7, 11) is -3.19. The number of amides is 1. The van der Waals surface area contributed by atoms with Crippen molar-refractivity contribution < 1.29 is 13.2 Å². The number of benzene rings is 1. The van der Waals surface area contributed by atoms with Gasteiger partial charge < -0.3 is 4.90 Å². The van der Waals surface area contributed by atoms with Crippen molar-refractivity contribution in [2.24, 2.45) is 0 Å². The van der Waals surface area contributed by atoms with Crippen LogP contribution in [0, 0.1) is 0 Å². The van der Waals surface area contributed by atoms with Gasteiger partial charge in [0.05, 0.1) is 16.6 Å². The van der Waals surface area contributed by atoms with Crippen LogP contribution in [-0.4, -0.2) is 41.5 Å². The molecule has 0 spiro atoms. The average molecular weight is 371 g/mol. The van der Waals surface area contributed by atoms with E-state index >= 15 is 0 Å². The summed E-state index contributed by atoms with van der Waals surface area (Å²) in [6.45, 7) is 0. The number of aryl methyl sites for hydroxylation is 1. The number of nitrogens with zero attached hydrogens (tertiary/aromatic N) is 3. The highest BCUT2D eigenvalue weighted by atomic mass is 32.2. The molecule has 6 nitrogen and oxygen atoms in total. The first-order chi connectivity index (χ1) is 12.4. The van der Waals surface area contributed by atoms with Gasteiger partial charge in [-0.2, -0.15) is 0 Å². The lowest BCUT2D eigenvalue weighted by Crippen LogP contribution is -2.42. The zero-order valence-corrected chi connectivity index (χ0v) is 15.4. The molecule has 1 aromatic carbocycles. The number of hydrogen-bond acceptors (Lipinski definition) is 5. The fraction of sp³-hybridized carbons (Fsp3) is 0.421. The molecule has 136 valence electrons. The van der Waals surface area contributed by atoms with E-state index in [2.05, 4.69) is 9.97 Å². The predicted molar refractivity (Wildman–Crippen MR) is 96.2 cm³/mol. The van der Waals surface area contributed by atoms with Crippen LogP contribution in [-0.2, 0) is 27.5 Å². The van der Waals surface area contributed by atoms with Gasteiger partial charge in [-0.05, 0) is 37.0 Å². The Hall–Kier alpha value is -2.28. The normalized spacial score (nSPS) is 21.5. The van der Waals surface area contributed by atoms with E-state index in [1.807, 2.05) is 11.1 Å². The summed E-state index contributed by atoms with van der Waals surface area (Å²) in [6.07, 6.45) is 8.44. The van der Waals surface area contributed by atoms with Crippen LogP contribution in [0.25, 0.3) is 0 Å². The molecule has 26 heavy (non-hydrogen) atoms. The zero-order valence-electron chi connectivity index (χ0n) is 14.6. The maximum atomic E-state index is 12.9. The molecule has 0 radical (unpaired) electrons. The third-order valence-corrected chi connectivity index (χ3v) is 6.51. The maximum Gasteiger partial charge on any atom is 0.223 e. The maximum absolute atomic E-state index is 12.9. The molecular weight excluding hydrogens is 350 g/mol. The molecule has 2 atom stereocenters. The summed E-state index contributed by atoms with van der Waals surface area (Å²) in [5.41, 5.74) is 3.14. The molecule has 2 aliphatic heterocycles. The average Bonchev–Trinajstić information content (AvgIpc) is 2.94. The van der Waals surface area contributed by atoms with Crippen molar-refractivity contribution in [3.63, 3.8) is 0 Å². The number of sulfone groups is 1. The van der Waals surface area contributed by atoms with E-state index in [1.165, 1.54) is 6.26 Å². The van der Waals surface area contributed by atoms with E-state index in [1.54, 1.807) is 30.6 Å². The van der Waals surface area contributed by atoms with Crippen LogP contribution >= 0.6 is 0 Å². The van der Waals surface area contributed by atoms with Crippen LogP contribution in [0.15, 0.2) is 41.7 Å². The third kappa shape index (κ3) is 3.11. The summed E-state index contributed by atoms with van der Waals surface area (Å²) in [4.78, 5) is 23.7. The molecule has 4 rings (SSSR count). The van der Waals surface area contributed by atoms with Gasteiger partial charge in [0.25, 0.3) is 0 Å². The van der Waals surface area contributed by atoms with E-state index < -0.39 is 9.84 Å². The van der Waals surface area contributed by atoms with Gasteiger partial charge in [-0.25, -0.2) is 18.4 Å². The number of carbonyl (C=O) groups is 1. The van der Waals surface area contributed by atoms with Crippen molar-refractivity contribution in [2.75, 3.05) is 6.26 Å². The Morgan fingerprint density at radius 2 is 2.00 bits per heavy atom. The fourth-order valence-electron chi connectivity index (χ4n) is 4.09. The molecule has 1 aromatic heterocycles. The number of aromatic nitrogens is 2. The summed E-state index contributed by atoms with van der Waals surface area (Å²) in [5.74, 6) is 0.152. The van der Waals surface area contributed by atoms with Gasteiger partial charge in [-0.3, -0.25) is 4.79 Å². The lowest BCUT2D eigenvalue weighted by atomic mass is 9.98. The number of carbonyl (C=O) groups excluding carboxylic acids is 1. The van der Waals surface area contributed by atoms with Crippen molar-refractivity contribution in [1.82, 2.24) is 14.9 Å². The van der Waals surface area contributed by atoms with Gasteiger partial charge in [-0.1, -0.05) is 12.1 Å². The van der Waals surface area contributed by atoms with Gasteiger partial charge in [-0.15, -0.1) is 0 Å². The monoisotopic (exact) mass is 371 g/mol. The van der Waals surface area contributed by atoms with E-state index in [4.69, 9.17) is 0 Å². The van der Waals surface area contributed by atoms with Crippen LogP contribution in [0.4, 0.5) is 0 Å². The van der Waals surface area contributed by atoms with Gasteiger partial charge in [0, 0.05) is 36.9 Å². The Balaban J connectivity index is 1.45. The lowest BCUT2D eigenvalue weighted by molar-refractivity contribution is -0.134. The minimum atomic E-state index is -3.19. The number of fused-ring (bicyclic) bond motifs is 4. The molecule has 0 aliphatic carbocycles. The quantitative estimate of drug-likeness (QED) is 0.822. The van der Waals surface area contributed by atoms with Crippen LogP contribution in [0.1, 0.15) is 42.1 Å². The molecule has 2 bridgehead atoms. The van der Waals surface area contributed by atoms with Crippen molar-refractivity contribution >= 4 is 15.7 Å². The van der Waals surface area contributed by atoms with Gasteiger partial charge in [0.1, 0.15) is 6.33 Å². The highest BCUT2D eigenvalue weighted by molar-refractivity contribution is 7.90. The topological polar surface area (TPSA) is 80.2 Å². The third-order valence-electron chi connectivity index (χ3n) is 5.38. The Kier molecular flexibility index (Phi) is 4.26. The Labute approximate surface area is 153 Å². The molecule has 1 fully saturated rings. The lowest BCUT2D eigenvalue weighted by Gasteiger charge is -2.35. The molecule has 7 heteroatoms. The van der Waals surface area contributed by atoms with Crippen LogP contribution in [0.5, 0.6) is 0 Å². The summed E-state index contributed by atoms with van der Waals surface area (Å²) in [5, 5.41) is 0. The summed E-state index contributed by atoms with van der Waals surface area (Å²) < 4.78 is 23.1. The van der Waals surface area contributed by atoms with E-state index in [0.717, 1.165) is 36.1 Å². The summed E-state index contributed by atoms with van der Waals surface area (Å²) >= 11 is 0. The van der Waals surface area contributed by atoms with E-state index in [9.17, 15) is 13.2 Å². The minimum absolute atomic E-state index is 0.102. The van der Waals surface area contributed by atoms with E-state index in [-0.39, 0.29) is 18.0 Å². The second-order valence-electron chi connectivity index (χ2n) is 7.09. The number of hydrogen-bond donors (Lipinski definition) is 0. The van der Waals surface area contributed by atoms with Gasteiger partial charge in [0.15, 0.2) is 9.84 Å². The first-order valence-electron chi connectivity index (χ1n) is 8.82. The highest BCUT2D eigenvalue weighted by Crippen LogP contribution is 2.43. The van der Waals surface area contributed by atoms with E-state index in [0.29, 0.717) is 17.7 Å². The minimum Gasteiger partial charge on any atom is -0.332 e. The Morgan fingerprint density at radius 1 is 1.23 bits per heavy atom. The Bertz CT molecular complexity index is 941. The highest BCUT2D eigenvalue weighted by Gasteiger charge is 2.42. The fourth-order valence-corrected chi connectivity index (χ4v) is 4.72. The Morgan fingerprint density at radius 3 is 2.73 bits per heavy atom. The number of rotatable bonds is 4. The van der Waals surface area contributed by atoms with Crippen LogP contribution < -0.4 is 0 Å². The van der Waals surface area contributed by atoms with Crippen molar-refractivity contribution in [3.8, 4) is 0 Å². The van der Waals surface area contributed by atoms with Gasteiger partial charge in [0.2, 0.25) is 5.91 Å². The first kappa shape index (κ1) is 17.1. The second-order valence-corrected chi connectivity index (χ2v) is 9.11. The van der Waals surface area contributed by atoms with Crippen LogP contribution in [0.3, 0.4) is 0 Å². The van der Waals surface area contributed by atoms with Crippen molar-refractivity contribution in [2.45, 2.75) is 49.1 Å². The largest absolute Gasteiger partial charge is 0.332 e. The molecule has 2 unspecified atom stereocenters. The van der Waals surface area contributed by atoms with Crippen molar-refractivity contribution in [3.05, 3.63) is 53.6 Å². The molecule has 1 saturated heterocycles. The summed E-state index contributed by atoms with van der Waals surface area (Å²) in [6, 6.07) is 7.13. The van der Waals surface area contributed by atoms with Crippen LogP contribution in [0.2, 0.25) is 0 Å². The second kappa shape index (κ2) is 6.46. The zero-order chi connectivity index (χ0) is 18.3. The molecule has 0 saturated carbocycles.